The van der Waals surface area contributed by atoms with Crippen molar-refractivity contribution in [1.29, 1.82) is 0 Å². The summed E-state index contributed by atoms with van der Waals surface area (Å²) in [6.45, 7) is 2.05. The second-order valence-electron chi connectivity index (χ2n) is 4.05. The topological polar surface area (TPSA) is 67.3 Å². The molecule has 5 nitrogen and oxygen atoms in total. The minimum absolute atomic E-state index is 0.657. The molecular formula is C13H11N5. The van der Waals surface area contributed by atoms with Gasteiger partial charge in [0.1, 0.15) is 0 Å². The van der Waals surface area contributed by atoms with E-state index in [4.69, 9.17) is 0 Å². The molecule has 3 rings (SSSR count). The molecule has 0 saturated carbocycles. The molecule has 1 aromatic carbocycles. The highest BCUT2D eigenvalue weighted by atomic mass is 15.5. The van der Waals surface area contributed by atoms with E-state index in [1.807, 2.05) is 36.5 Å². The van der Waals surface area contributed by atoms with Gasteiger partial charge in [-0.1, -0.05) is 18.2 Å². The van der Waals surface area contributed by atoms with Crippen molar-refractivity contribution in [2.24, 2.45) is 0 Å². The van der Waals surface area contributed by atoms with Gasteiger partial charge in [0, 0.05) is 17.3 Å². The molecule has 0 aliphatic rings. The van der Waals surface area contributed by atoms with Crippen molar-refractivity contribution in [3.63, 3.8) is 0 Å². The molecule has 18 heavy (non-hydrogen) atoms. The van der Waals surface area contributed by atoms with E-state index in [1.165, 1.54) is 5.56 Å². The largest absolute Gasteiger partial charge is 0.256 e. The van der Waals surface area contributed by atoms with Gasteiger partial charge in [-0.25, -0.2) is 5.10 Å². The number of hydrogen-bond donors (Lipinski definition) is 1. The van der Waals surface area contributed by atoms with E-state index < -0.39 is 0 Å². The van der Waals surface area contributed by atoms with Crippen molar-refractivity contribution in [3.05, 3.63) is 48.2 Å². The minimum atomic E-state index is 0.657. The predicted octanol–water partition coefficient (Wildman–Crippen LogP) is 2.24. The quantitative estimate of drug-likeness (QED) is 0.742. The highest BCUT2D eigenvalue weighted by molar-refractivity contribution is 5.67. The molecule has 88 valence electrons. The smallest absolute Gasteiger partial charge is 0.179 e. The van der Waals surface area contributed by atoms with Crippen LogP contribution in [0.5, 0.6) is 0 Å². The van der Waals surface area contributed by atoms with Crippen LogP contribution in [-0.2, 0) is 0 Å². The van der Waals surface area contributed by atoms with Crippen molar-refractivity contribution in [2.45, 2.75) is 6.92 Å². The summed E-state index contributed by atoms with van der Waals surface area (Å²) >= 11 is 0. The van der Waals surface area contributed by atoms with Crippen LogP contribution in [0, 0.1) is 6.92 Å². The Labute approximate surface area is 104 Å². The summed E-state index contributed by atoms with van der Waals surface area (Å²) in [6, 6.07) is 12.0. The molecule has 2 aromatic heterocycles. The summed E-state index contributed by atoms with van der Waals surface area (Å²) in [6.07, 6.45) is 1.81. The zero-order valence-corrected chi connectivity index (χ0v) is 9.83. The fourth-order valence-electron chi connectivity index (χ4n) is 1.80. The summed E-state index contributed by atoms with van der Waals surface area (Å²) in [7, 11) is 0. The van der Waals surface area contributed by atoms with Gasteiger partial charge in [-0.05, 0) is 41.1 Å². The third kappa shape index (κ3) is 1.98. The van der Waals surface area contributed by atoms with Crippen LogP contribution in [0.4, 0.5) is 0 Å². The SMILES string of the molecule is Cc1ccnc(-c2cccc(-c3nnn[nH]3)c2)c1. The number of nitrogens with zero attached hydrogens (tertiary/aromatic N) is 4. The molecule has 0 spiro atoms. The third-order valence-electron chi connectivity index (χ3n) is 2.69. The van der Waals surface area contributed by atoms with Gasteiger partial charge in [0.25, 0.3) is 0 Å². The summed E-state index contributed by atoms with van der Waals surface area (Å²) in [5.74, 6) is 0.657. The molecule has 0 radical (unpaired) electrons. The van der Waals surface area contributed by atoms with Crippen LogP contribution < -0.4 is 0 Å². The average Bonchev–Trinajstić information content (AvgIpc) is 2.93. The van der Waals surface area contributed by atoms with E-state index in [-0.39, 0.29) is 0 Å². The van der Waals surface area contributed by atoms with Crippen LogP contribution in [0.2, 0.25) is 0 Å². The van der Waals surface area contributed by atoms with Crippen LogP contribution in [0.3, 0.4) is 0 Å². The standard InChI is InChI=1S/C13H11N5/c1-9-5-6-14-12(7-9)10-3-2-4-11(8-10)13-15-17-18-16-13/h2-8H,1H3,(H,15,16,17,18). The highest BCUT2D eigenvalue weighted by Crippen LogP contribution is 2.22. The molecule has 3 aromatic rings. The Hall–Kier alpha value is -2.56. The highest BCUT2D eigenvalue weighted by Gasteiger charge is 2.05. The van der Waals surface area contributed by atoms with Crippen molar-refractivity contribution >= 4 is 0 Å². The van der Waals surface area contributed by atoms with Crippen molar-refractivity contribution < 1.29 is 0 Å². The lowest BCUT2D eigenvalue weighted by atomic mass is 10.1. The van der Waals surface area contributed by atoms with E-state index in [2.05, 4.69) is 38.6 Å². The fraction of sp³-hybridized carbons (Fsp3) is 0.0769. The molecule has 0 bridgehead atoms. The molecule has 1 N–H and O–H groups in total. The minimum Gasteiger partial charge on any atom is -0.256 e. The second kappa shape index (κ2) is 4.37. The number of nitrogens with one attached hydrogen (secondary N) is 1. The van der Waals surface area contributed by atoms with E-state index >= 15 is 0 Å². The molecule has 0 amide bonds. The number of pyridine rings is 1. The van der Waals surface area contributed by atoms with Gasteiger partial charge in [-0.3, -0.25) is 4.98 Å². The number of aromatic nitrogens is 5. The molecule has 0 aliphatic carbocycles. The van der Waals surface area contributed by atoms with Crippen molar-refractivity contribution in [3.8, 4) is 22.6 Å². The first-order chi connectivity index (χ1) is 8.83. The van der Waals surface area contributed by atoms with E-state index in [9.17, 15) is 0 Å². The van der Waals surface area contributed by atoms with Gasteiger partial charge in [0.05, 0.1) is 5.69 Å². The zero-order chi connectivity index (χ0) is 12.4. The molecule has 0 aliphatic heterocycles. The first kappa shape index (κ1) is 10.6. The molecule has 2 heterocycles. The molecular weight excluding hydrogens is 226 g/mol. The molecule has 5 heteroatoms. The Kier molecular flexibility index (Phi) is 2.57. The Balaban J connectivity index is 2.06. The van der Waals surface area contributed by atoms with Crippen LogP contribution in [0.1, 0.15) is 5.56 Å². The van der Waals surface area contributed by atoms with Gasteiger partial charge < -0.3 is 0 Å². The van der Waals surface area contributed by atoms with Crippen molar-refractivity contribution in [2.75, 3.05) is 0 Å². The van der Waals surface area contributed by atoms with Gasteiger partial charge >= 0.3 is 0 Å². The number of aryl methyl sites for hydroxylation is 1. The number of benzene rings is 1. The van der Waals surface area contributed by atoms with Crippen LogP contribution >= 0.6 is 0 Å². The summed E-state index contributed by atoms with van der Waals surface area (Å²) in [4.78, 5) is 4.37. The molecule has 0 atom stereocenters. The van der Waals surface area contributed by atoms with Crippen LogP contribution in [0.25, 0.3) is 22.6 Å². The van der Waals surface area contributed by atoms with E-state index in [0.717, 1.165) is 16.8 Å². The second-order valence-corrected chi connectivity index (χ2v) is 4.05. The maximum atomic E-state index is 4.37. The Morgan fingerprint density at radius 3 is 2.72 bits per heavy atom. The maximum absolute atomic E-state index is 4.37. The summed E-state index contributed by atoms with van der Waals surface area (Å²) in [5.41, 5.74) is 4.13. The van der Waals surface area contributed by atoms with Crippen molar-refractivity contribution in [1.82, 2.24) is 25.6 Å². The Morgan fingerprint density at radius 1 is 1.06 bits per heavy atom. The number of hydrogen-bond acceptors (Lipinski definition) is 4. The molecule has 0 fully saturated rings. The number of rotatable bonds is 2. The lowest BCUT2D eigenvalue weighted by molar-refractivity contribution is 0.881. The first-order valence-electron chi connectivity index (χ1n) is 5.60. The van der Waals surface area contributed by atoms with Gasteiger partial charge in [-0.2, -0.15) is 0 Å². The summed E-state index contributed by atoms with van der Waals surface area (Å²) < 4.78 is 0. The Bertz CT molecular complexity index is 661. The van der Waals surface area contributed by atoms with Gasteiger partial charge in [-0.15, -0.1) is 5.10 Å². The number of H-pyrrole nitrogens is 1. The zero-order valence-electron chi connectivity index (χ0n) is 9.83. The first-order valence-corrected chi connectivity index (χ1v) is 5.60. The fourth-order valence-corrected chi connectivity index (χ4v) is 1.80. The number of tetrazole rings is 1. The number of aromatic amines is 1. The van der Waals surface area contributed by atoms with E-state index in [0.29, 0.717) is 5.82 Å². The van der Waals surface area contributed by atoms with E-state index in [1.54, 1.807) is 0 Å². The molecule has 0 saturated heterocycles. The lowest BCUT2D eigenvalue weighted by Gasteiger charge is -2.03. The third-order valence-corrected chi connectivity index (χ3v) is 2.69. The monoisotopic (exact) mass is 237 g/mol. The van der Waals surface area contributed by atoms with Crippen LogP contribution in [0.15, 0.2) is 42.6 Å². The van der Waals surface area contributed by atoms with Gasteiger partial charge in [0.2, 0.25) is 0 Å². The maximum Gasteiger partial charge on any atom is 0.179 e. The Morgan fingerprint density at radius 2 is 1.94 bits per heavy atom. The molecule has 0 unspecified atom stereocenters. The summed E-state index contributed by atoms with van der Waals surface area (Å²) in [5, 5.41) is 13.8. The normalized spacial score (nSPS) is 10.5. The average molecular weight is 237 g/mol. The van der Waals surface area contributed by atoms with Gasteiger partial charge in [0.15, 0.2) is 5.82 Å². The van der Waals surface area contributed by atoms with Crippen LogP contribution in [-0.4, -0.2) is 25.6 Å². The predicted molar refractivity (Wildman–Crippen MR) is 67.6 cm³/mol. The lowest BCUT2D eigenvalue weighted by Crippen LogP contribution is -1.86.